The first kappa shape index (κ1) is 15.1. The van der Waals surface area contributed by atoms with E-state index in [-0.39, 0.29) is 5.60 Å². The van der Waals surface area contributed by atoms with Crippen molar-refractivity contribution in [1.29, 1.82) is 0 Å². The minimum Gasteiger partial charge on any atom is -0.492 e. The molecule has 4 heteroatoms. The molecule has 21 heavy (non-hydrogen) atoms. The third kappa shape index (κ3) is 3.53. The van der Waals surface area contributed by atoms with Crippen LogP contribution >= 0.6 is 11.6 Å². The molecule has 1 saturated heterocycles. The van der Waals surface area contributed by atoms with Gasteiger partial charge in [0, 0.05) is 17.7 Å². The molecule has 1 aliphatic carbocycles. The zero-order chi connectivity index (χ0) is 14.7. The summed E-state index contributed by atoms with van der Waals surface area (Å²) >= 11 is 5.99. The maximum absolute atomic E-state index is 6.02. The molecule has 2 atom stereocenters. The van der Waals surface area contributed by atoms with Crippen LogP contribution in [0.4, 0.5) is 0 Å². The molecule has 2 aliphatic rings. The summed E-state index contributed by atoms with van der Waals surface area (Å²) in [6.45, 7) is 1.57. The van der Waals surface area contributed by atoms with Crippen molar-refractivity contribution in [1.82, 2.24) is 5.32 Å². The lowest BCUT2D eigenvalue weighted by molar-refractivity contribution is -0.147. The zero-order valence-corrected chi connectivity index (χ0v) is 13.4. The number of likely N-dealkylation sites (N-methyl/N-ethyl adjacent to an activating group) is 1. The van der Waals surface area contributed by atoms with Gasteiger partial charge in [0.2, 0.25) is 0 Å². The van der Waals surface area contributed by atoms with Crippen LogP contribution in [0.15, 0.2) is 24.3 Å². The molecule has 1 aromatic carbocycles. The van der Waals surface area contributed by atoms with Crippen LogP contribution in [0.3, 0.4) is 0 Å². The topological polar surface area (TPSA) is 30.5 Å². The summed E-state index contributed by atoms with van der Waals surface area (Å²) in [5.74, 6) is 1.47. The molecular weight excluding hydrogens is 286 g/mol. The largest absolute Gasteiger partial charge is 0.492 e. The molecule has 0 bridgehead atoms. The molecule has 2 fully saturated rings. The van der Waals surface area contributed by atoms with Crippen LogP contribution < -0.4 is 10.1 Å². The minimum absolute atomic E-state index is 0.189. The number of ether oxygens (including phenoxy) is 2. The van der Waals surface area contributed by atoms with Gasteiger partial charge in [-0.05, 0) is 63.3 Å². The molecule has 1 saturated carbocycles. The molecule has 2 unspecified atom stereocenters. The van der Waals surface area contributed by atoms with E-state index in [2.05, 4.69) is 5.32 Å². The van der Waals surface area contributed by atoms with Gasteiger partial charge in [0.05, 0.1) is 5.60 Å². The Bertz CT molecular complexity index is 476. The standard InChI is InChI=1S/C17H24ClNO2/c1-19-16(12-20-15-5-2-4-14(18)10-15)13-6-9-21-17(11-13)7-3-8-17/h2,4-5,10,13,16,19H,3,6-9,11-12H2,1H3. The van der Waals surface area contributed by atoms with Gasteiger partial charge in [-0.25, -0.2) is 0 Å². The lowest BCUT2D eigenvalue weighted by Crippen LogP contribution is -2.51. The Hall–Kier alpha value is -0.770. The number of halogens is 1. The first-order valence-corrected chi connectivity index (χ1v) is 8.28. The summed E-state index contributed by atoms with van der Waals surface area (Å²) < 4.78 is 11.9. The number of nitrogens with one attached hydrogen (secondary N) is 1. The van der Waals surface area contributed by atoms with Crippen molar-refractivity contribution in [2.45, 2.75) is 43.7 Å². The predicted octanol–water partition coefficient (Wildman–Crippen LogP) is 3.66. The van der Waals surface area contributed by atoms with Crippen LogP contribution in [0.25, 0.3) is 0 Å². The van der Waals surface area contributed by atoms with Gasteiger partial charge >= 0.3 is 0 Å². The summed E-state index contributed by atoms with van der Waals surface area (Å²) in [5, 5.41) is 4.14. The maximum Gasteiger partial charge on any atom is 0.120 e. The summed E-state index contributed by atoms with van der Waals surface area (Å²) in [7, 11) is 2.02. The van der Waals surface area contributed by atoms with Gasteiger partial charge < -0.3 is 14.8 Å². The highest BCUT2D eigenvalue weighted by Gasteiger charge is 2.44. The molecule has 1 spiro atoms. The molecule has 1 N–H and O–H groups in total. The molecule has 0 amide bonds. The van der Waals surface area contributed by atoms with Crippen molar-refractivity contribution >= 4 is 11.6 Å². The van der Waals surface area contributed by atoms with E-state index in [4.69, 9.17) is 21.1 Å². The first-order chi connectivity index (χ1) is 10.2. The van der Waals surface area contributed by atoms with Gasteiger partial charge in [0.15, 0.2) is 0 Å². The quantitative estimate of drug-likeness (QED) is 0.900. The highest BCUT2D eigenvalue weighted by molar-refractivity contribution is 6.30. The Morgan fingerprint density at radius 1 is 1.48 bits per heavy atom. The van der Waals surface area contributed by atoms with E-state index in [1.165, 1.54) is 19.3 Å². The summed E-state index contributed by atoms with van der Waals surface area (Å²) in [6.07, 6.45) is 6.06. The van der Waals surface area contributed by atoms with Crippen LogP contribution in [0.1, 0.15) is 32.1 Å². The fourth-order valence-corrected chi connectivity index (χ4v) is 3.71. The number of benzene rings is 1. The minimum atomic E-state index is 0.189. The summed E-state index contributed by atoms with van der Waals surface area (Å²) in [6, 6.07) is 7.97. The van der Waals surface area contributed by atoms with Gasteiger partial charge in [0.25, 0.3) is 0 Å². The number of hydrogen-bond donors (Lipinski definition) is 1. The Morgan fingerprint density at radius 3 is 3.00 bits per heavy atom. The second-order valence-electron chi connectivity index (χ2n) is 6.30. The smallest absolute Gasteiger partial charge is 0.120 e. The van der Waals surface area contributed by atoms with Crippen molar-refractivity contribution < 1.29 is 9.47 Å². The lowest BCUT2D eigenvalue weighted by Gasteiger charge is -2.48. The van der Waals surface area contributed by atoms with Crippen molar-refractivity contribution in [2.24, 2.45) is 5.92 Å². The van der Waals surface area contributed by atoms with Crippen LogP contribution in [0.2, 0.25) is 5.02 Å². The molecule has 0 radical (unpaired) electrons. The van der Waals surface area contributed by atoms with Crippen molar-refractivity contribution in [2.75, 3.05) is 20.3 Å². The van der Waals surface area contributed by atoms with Crippen LogP contribution in [0.5, 0.6) is 5.75 Å². The second kappa shape index (κ2) is 6.55. The fourth-order valence-electron chi connectivity index (χ4n) is 3.53. The Kier molecular flexibility index (Phi) is 4.72. The SMILES string of the molecule is CNC(COc1cccc(Cl)c1)C1CCOC2(CCC2)C1. The van der Waals surface area contributed by atoms with Crippen molar-refractivity contribution in [3.63, 3.8) is 0 Å². The Labute approximate surface area is 132 Å². The Morgan fingerprint density at radius 2 is 2.33 bits per heavy atom. The number of hydrogen-bond acceptors (Lipinski definition) is 3. The van der Waals surface area contributed by atoms with Gasteiger partial charge in [-0.1, -0.05) is 17.7 Å². The van der Waals surface area contributed by atoms with Crippen molar-refractivity contribution in [3.8, 4) is 5.75 Å². The van der Waals surface area contributed by atoms with Crippen LogP contribution in [0, 0.1) is 5.92 Å². The molecule has 0 aromatic heterocycles. The van der Waals surface area contributed by atoms with E-state index in [1.54, 1.807) is 0 Å². The first-order valence-electron chi connectivity index (χ1n) is 7.90. The van der Waals surface area contributed by atoms with Crippen LogP contribution in [-0.4, -0.2) is 31.9 Å². The highest BCUT2D eigenvalue weighted by atomic mass is 35.5. The highest BCUT2D eigenvalue weighted by Crippen LogP contribution is 2.45. The predicted molar refractivity (Wildman–Crippen MR) is 85.1 cm³/mol. The van der Waals surface area contributed by atoms with Gasteiger partial charge in [-0.3, -0.25) is 0 Å². The second-order valence-corrected chi connectivity index (χ2v) is 6.74. The van der Waals surface area contributed by atoms with Gasteiger partial charge in [-0.2, -0.15) is 0 Å². The van der Waals surface area contributed by atoms with E-state index in [9.17, 15) is 0 Å². The third-order valence-electron chi connectivity index (χ3n) is 4.96. The molecule has 1 heterocycles. The fraction of sp³-hybridized carbons (Fsp3) is 0.647. The summed E-state index contributed by atoms with van der Waals surface area (Å²) in [4.78, 5) is 0. The van der Waals surface area contributed by atoms with Gasteiger partial charge in [-0.15, -0.1) is 0 Å². The third-order valence-corrected chi connectivity index (χ3v) is 5.20. The Balaban J connectivity index is 1.57. The van der Waals surface area contributed by atoms with Gasteiger partial charge in [0.1, 0.15) is 12.4 Å². The van der Waals surface area contributed by atoms with E-state index in [0.29, 0.717) is 23.6 Å². The average molecular weight is 310 g/mol. The van der Waals surface area contributed by atoms with E-state index >= 15 is 0 Å². The lowest BCUT2D eigenvalue weighted by atomic mass is 9.70. The maximum atomic E-state index is 6.02. The molecule has 116 valence electrons. The molecule has 1 aliphatic heterocycles. The average Bonchev–Trinajstić information content (AvgIpc) is 2.47. The summed E-state index contributed by atoms with van der Waals surface area (Å²) in [5.41, 5.74) is 0.189. The zero-order valence-electron chi connectivity index (χ0n) is 12.6. The normalized spacial score (nSPS) is 25.3. The van der Waals surface area contributed by atoms with Crippen LogP contribution in [-0.2, 0) is 4.74 Å². The van der Waals surface area contributed by atoms with E-state index < -0.39 is 0 Å². The molecule has 3 rings (SSSR count). The molecular formula is C17H24ClNO2. The van der Waals surface area contributed by atoms with E-state index in [1.807, 2.05) is 31.3 Å². The van der Waals surface area contributed by atoms with E-state index in [0.717, 1.165) is 25.2 Å². The monoisotopic (exact) mass is 309 g/mol. The molecule has 1 aromatic rings. The van der Waals surface area contributed by atoms with Crippen molar-refractivity contribution in [3.05, 3.63) is 29.3 Å². The molecule has 3 nitrogen and oxygen atoms in total. The number of rotatable bonds is 5.